The van der Waals surface area contributed by atoms with Crippen LogP contribution in [-0.4, -0.2) is 19.9 Å². The Morgan fingerprint density at radius 1 is 1.08 bits per heavy atom. The maximum atomic E-state index is 12.6. The summed E-state index contributed by atoms with van der Waals surface area (Å²) in [4.78, 5) is 4.92. The summed E-state index contributed by atoms with van der Waals surface area (Å²) in [6.45, 7) is 5.98. The van der Waals surface area contributed by atoms with Crippen molar-refractivity contribution in [3.63, 3.8) is 0 Å². The molecule has 0 fully saturated rings. The lowest BCUT2D eigenvalue weighted by Gasteiger charge is -2.12. The minimum absolute atomic E-state index is 0.342. The number of para-hydroxylation sites is 1. The predicted molar refractivity (Wildman–Crippen MR) is 99.2 cm³/mol. The van der Waals surface area contributed by atoms with Crippen molar-refractivity contribution in [3.05, 3.63) is 58.1 Å². The van der Waals surface area contributed by atoms with Gasteiger partial charge in [0.2, 0.25) is 10.0 Å². The van der Waals surface area contributed by atoms with Crippen LogP contribution >= 0.6 is 11.3 Å². The van der Waals surface area contributed by atoms with Crippen LogP contribution in [0.4, 0.5) is 0 Å². The van der Waals surface area contributed by atoms with Crippen LogP contribution in [0.1, 0.15) is 21.7 Å². The summed E-state index contributed by atoms with van der Waals surface area (Å²) in [5.74, 6) is 0. The molecule has 0 radical (unpaired) electrons. The zero-order chi connectivity index (χ0) is 17.3. The van der Waals surface area contributed by atoms with E-state index in [0.717, 1.165) is 31.9 Å². The molecule has 24 heavy (non-hydrogen) atoms. The van der Waals surface area contributed by atoms with Gasteiger partial charge >= 0.3 is 0 Å². The number of fused-ring (bicyclic) bond motifs is 1. The van der Waals surface area contributed by atoms with Gasteiger partial charge in [-0.3, -0.25) is 0 Å². The van der Waals surface area contributed by atoms with Crippen molar-refractivity contribution < 1.29 is 8.42 Å². The Hall–Kier alpha value is -1.76. The molecule has 3 rings (SSSR count). The number of hydrogen-bond donors (Lipinski definition) is 1. The average molecular weight is 361 g/mol. The van der Waals surface area contributed by atoms with Gasteiger partial charge < -0.3 is 0 Å². The summed E-state index contributed by atoms with van der Waals surface area (Å²) < 4.78 is 29.1. The number of aromatic nitrogens is 1. The van der Waals surface area contributed by atoms with E-state index in [-0.39, 0.29) is 0 Å². The minimum Gasteiger partial charge on any atom is -0.241 e. The molecule has 0 aliphatic heterocycles. The third-order valence-corrected chi connectivity index (χ3v) is 6.70. The Morgan fingerprint density at radius 2 is 1.75 bits per heavy atom. The molecule has 1 heterocycles. The molecule has 0 aliphatic carbocycles. The van der Waals surface area contributed by atoms with Gasteiger partial charge in [0.15, 0.2) is 0 Å². The molecule has 126 valence electrons. The van der Waals surface area contributed by atoms with E-state index in [1.165, 1.54) is 0 Å². The molecule has 2 aromatic carbocycles. The molecule has 0 atom stereocenters. The quantitative estimate of drug-likeness (QED) is 0.754. The number of benzene rings is 2. The molecule has 1 aromatic heterocycles. The van der Waals surface area contributed by atoms with Gasteiger partial charge in [0.05, 0.1) is 20.1 Å². The SMILES string of the molecule is Cc1cc(C)c(S(=O)(=O)NCCc2nc3ccccc3s2)c(C)c1. The summed E-state index contributed by atoms with van der Waals surface area (Å²) in [6.07, 6.45) is 0.586. The zero-order valence-corrected chi connectivity index (χ0v) is 15.6. The Balaban J connectivity index is 1.74. The van der Waals surface area contributed by atoms with Crippen LogP contribution in [0.15, 0.2) is 41.3 Å². The van der Waals surface area contributed by atoms with Gasteiger partial charge in [-0.2, -0.15) is 0 Å². The zero-order valence-electron chi connectivity index (χ0n) is 14.0. The number of thiazole rings is 1. The molecule has 0 aliphatic rings. The molecule has 6 heteroatoms. The highest BCUT2D eigenvalue weighted by atomic mass is 32.2. The predicted octanol–water partition coefficient (Wildman–Crippen LogP) is 3.74. The Bertz CT molecular complexity index is 935. The van der Waals surface area contributed by atoms with E-state index in [2.05, 4.69) is 9.71 Å². The molecule has 1 N–H and O–H groups in total. The third-order valence-electron chi connectivity index (χ3n) is 3.84. The smallest absolute Gasteiger partial charge is 0.241 e. The fourth-order valence-electron chi connectivity index (χ4n) is 2.98. The molecular formula is C18H20N2O2S2. The highest BCUT2D eigenvalue weighted by Gasteiger charge is 2.19. The van der Waals surface area contributed by atoms with Crippen LogP contribution in [0, 0.1) is 20.8 Å². The number of aryl methyl sites for hydroxylation is 3. The summed E-state index contributed by atoms with van der Waals surface area (Å²) in [5, 5.41) is 0.941. The van der Waals surface area contributed by atoms with Gasteiger partial charge in [-0.25, -0.2) is 18.1 Å². The van der Waals surface area contributed by atoms with E-state index in [9.17, 15) is 8.42 Å². The first kappa shape index (κ1) is 17.1. The van der Waals surface area contributed by atoms with Crippen molar-refractivity contribution in [2.45, 2.75) is 32.1 Å². The van der Waals surface area contributed by atoms with Crippen molar-refractivity contribution in [1.82, 2.24) is 9.71 Å². The maximum absolute atomic E-state index is 12.6. The van der Waals surface area contributed by atoms with E-state index in [1.54, 1.807) is 11.3 Å². The van der Waals surface area contributed by atoms with Gasteiger partial charge in [-0.05, 0) is 44.0 Å². The van der Waals surface area contributed by atoms with Gasteiger partial charge in [-0.15, -0.1) is 11.3 Å². The lowest BCUT2D eigenvalue weighted by atomic mass is 10.1. The average Bonchev–Trinajstić information content (AvgIpc) is 2.88. The van der Waals surface area contributed by atoms with E-state index < -0.39 is 10.0 Å². The highest BCUT2D eigenvalue weighted by Crippen LogP contribution is 2.23. The van der Waals surface area contributed by atoms with E-state index in [1.807, 2.05) is 57.2 Å². The second-order valence-electron chi connectivity index (χ2n) is 5.95. The largest absolute Gasteiger partial charge is 0.241 e. The number of sulfonamides is 1. The first-order valence-corrected chi connectivity index (χ1v) is 10.1. The molecule has 0 amide bonds. The summed E-state index contributed by atoms with van der Waals surface area (Å²) in [6, 6.07) is 11.7. The van der Waals surface area contributed by atoms with Gasteiger partial charge in [0.25, 0.3) is 0 Å². The maximum Gasteiger partial charge on any atom is 0.241 e. The third kappa shape index (κ3) is 3.50. The Kier molecular flexibility index (Phi) is 4.71. The standard InChI is InChI=1S/C18H20N2O2S2/c1-12-10-13(2)18(14(3)11-12)24(21,22)19-9-8-17-20-15-6-4-5-7-16(15)23-17/h4-7,10-11,19H,8-9H2,1-3H3. The fraction of sp³-hybridized carbons (Fsp3) is 0.278. The van der Waals surface area contributed by atoms with Crippen LogP contribution in [0.3, 0.4) is 0 Å². The van der Waals surface area contributed by atoms with E-state index in [4.69, 9.17) is 0 Å². The topological polar surface area (TPSA) is 59.1 Å². The highest BCUT2D eigenvalue weighted by molar-refractivity contribution is 7.89. The van der Waals surface area contributed by atoms with Gasteiger partial charge in [-0.1, -0.05) is 29.8 Å². The van der Waals surface area contributed by atoms with Gasteiger partial charge in [0.1, 0.15) is 0 Å². The fourth-order valence-corrected chi connectivity index (χ4v) is 5.43. The normalized spacial score (nSPS) is 12.0. The monoisotopic (exact) mass is 360 g/mol. The van der Waals surface area contributed by atoms with Crippen molar-refractivity contribution >= 4 is 31.6 Å². The first-order chi connectivity index (χ1) is 11.4. The molecule has 0 spiro atoms. The van der Waals surface area contributed by atoms with Crippen LogP contribution in [0.5, 0.6) is 0 Å². The molecule has 4 nitrogen and oxygen atoms in total. The van der Waals surface area contributed by atoms with Crippen molar-refractivity contribution in [3.8, 4) is 0 Å². The van der Waals surface area contributed by atoms with Crippen LogP contribution in [0.25, 0.3) is 10.2 Å². The second kappa shape index (κ2) is 6.63. The Morgan fingerprint density at radius 3 is 2.42 bits per heavy atom. The molecular weight excluding hydrogens is 340 g/mol. The number of rotatable bonds is 5. The summed E-state index contributed by atoms with van der Waals surface area (Å²) in [7, 11) is -3.51. The molecule has 0 unspecified atom stereocenters. The van der Waals surface area contributed by atoms with Crippen molar-refractivity contribution in [2.24, 2.45) is 0 Å². The molecule has 0 saturated carbocycles. The summed E-state index contributed by atoms with van der Waals surface area (Å²) in [5.41, 5.74) is 3.59. The van der Waals surface area contributed by atoms with E-state index in [0.29, 0.717) is 17.9 Å². The van der Waals surface area contributed by atoms with Crippen molar-refractivity contribution in [2.75, 3.05) is 6.54 Å². The first-order valence-electron chi connectivity index (χ1n) is 7.79. The lowest BCUT2D eigenvalue weighted by molar-refractivity contribution is 0.580. The number of nitrogens with one attached hydrogen (secondary N) is 1. The Labute approximate surface area is 146 Å². The lowest BCUT2D eigenvalue weighted by Crippen LogP contribution is -2.27. The summed E-state index contributed by atoms with van der Waals surface area (Å²) >= 11 is 1.61. The van der Waals surface area contributed by atoms with E-state index >= 15 is 0 Å². The minimum atomic E-state index is -3.51. The molecule has 3 aromatic rings. The molecule has 0 bridgehead atoms. The van der Waals surface area contributed by atoms with Crippen LogP contribution in [0.2, 0.25) is 0 Å². The number of nitrogens with zero attached hydrogens (tertiary/aromatic N) is 1. The second-order valence-corrected chi connectivity index (χ2v) is 8.77. The van der Waals surface area contributed by atoms with Crippen LogP contribution < -0.4 is 4.72 Å². The van der Waals surface area contributed by atoms with Crippen molar-refractivity contribution in [1.29, 1.82) is 0 Å². The molecule has 0 saturated heterocycles. The number of hydrogen-bond acceptors (Lipinski definition) is 4. The van der Waals surface area contributed by atoms with Gasteiger partial charge in [0, 0.05) is 13.0 Å². The van der Waals surface area contributed by atoms with Crippen LogP contribution in [-0.2, 0) is 16.4 Å².